The van der Waals surface area contributed by atoms with E-state index in [-0.39, 0.29) is 0 Å². The summed E-state index contributed by atoms with van der Waals surface area (Å²) < 4.78 is 0. The van der Waals surface area contributed by atoms with Gasteiger partial charge in [-0.2, -0.15) is 0 Å². The van der Waals surface area contributed by atoms with E-state index in [2.05, 4.69) is 44.2 Å². The number of phenolic OH excluding ortho intramolecular Hbond substituents is 2. The molecule has 0 spiro atoms. The molecule has 2 aromatic carbocycles. The minimum Gasteiger partial charge on any atom is -0.508 e. The fourth-order valence-electron chi connectivity index (χ4n) is 4.84. The van der Waals surface area contributed by atoms with Gasteiger partial charge < -0.3 is 10.2 Å². The average Bonchev–Trinajstić information content (AvgIpc) is 2.73. The van der Waals surface area contributed by atoms with Gasteiger partial charge in [0.25, 0.3) is 0 Å². The standard InChI is InChI=1S/C26H36O2/c1-3-5-7-19(4-2)18-23-8-6-9-25(26(23)28)22-12-10-20(11-13-22)21-14-16-24(27)17-15-21/h6,8-9,14-17,19-20,22,27-28H,3-5,7,10-13,18H2,1-2H3. The van der Waals surface area contributed by atoms with Crippen molar-refractivity contribution in [2.45, 2.75) is 83.5 Å². The molecule has 1 fully saturated rings. The first-order chi connectivity index (χ1) is 13.6. The lowest BCUT2D eigenvalue weighted by Crippen LogP contribution is -2.13. The van der Waals surface area contributed by atoms with E-state index in [1.165, 1.54) is 31.2 Å². The number of aromatic hydroxyl groups is 2. The Bertz CT molecular complexity index is 727. The van der Waals surface area contributed by atoms with Crippen molar-refractivity contribution in [1.29, 1.82) is 0 Å². The summed E-state index contributed by atoms with van der Waals surface area (Å²) in [6.45, 7) is 4.52. The molecular formula is C26H36O2. The molecule has 0 aliphatic heterocycles. The second kappa shape index (κ2) is 10.0. The quantitative estimate of drug-likeness (QED) is 0.504. The maximum Gasteiger partial charge on any atom is 0.122 e. The van der Waals surface area contributed by atoms with Crippen LogP contribution in [0.15, 0.2) is 42.5 Å². The minimum absolute atomic E-state index is 0.337. The fraction of sp³-hybridized carbons (Fsp3) is 0.538. The minimum atomic E-state index is 0.337. The van der Waals surface area contributed by atoms with Crippen LogP contribution in [0.1, 0.15) is 93.7 Å². The van der Waals surface area contributed by atoms with Crippen molar-refractivity contribution < 1.29 is 10.2 Å². The normalized spacial score (nSPS) is 20.8. The highest BCUT2D eigenvalue weighted by Crippen LogP contribution is 2.44. The third-order valence-corrected chi connectivity index (χ3v) is 6.73. The maximum absolute atomic E-state index is 11.0. The van der Waals surface area contributed by atoms with Crippen LogP contribution in [0.25, 0.3) is 0 Å². The van der Waals surface area contributed by atoms with Gasteiger partial charge in [-0.25, -0.2) is 0 Å². The molecule has 1 aliphatic rings. The molecule has 1 saturated carbocycles. The van der Waals surface area contributed by atoms with Gasteiger partial charge in [-0.1, -0.05) is 69.9 Å². The largest absolute Gasteiger partial charge is 0.508 e. The molecule has 28 heavy (non-hydrogen) atoms. The van der Waals surface area contributed by atoms with Gasteiger partial charge in [-0.15, -0.1) is 0 Å². The van der Waals surface area contributed by atoms with Crippen molar-refractivity contribution in [2.75, 3.05) is 0 Å². The van der Waals surface area contributed by atoms with Crippen LogP contribution in [0.2, 0.25) is 0 Å². The van der Waals surface area contributed by atoms with Crippen molar-refractivity contribution in [1.82, 2.24) is 0 Å². The van der Waals surface area contributed by atoms with Crippen LogP contribution in [0.5, 0.6) is 11.5 Å². The summed E-state index contributed by atoms with van der Waals surface area (Å²) in [5.41, 5.74) is 3.63. The van der Waals surface area contributed by atoms with E-state index in [9.17, 15) is 10.2 Å². The molecule has 1 aliphatic carbocycles. The molecule has 0 saturated heterocycles. The van der Waals surface area contributed by atoms with Gasteiger partial charge in [0.1, 0.15) is 11.5 Å². The number of hydrogen-bond acceptors (Lipinski definition) is 2. The van der Waals surface area contributed by atoms with Gasteiger partial charge in [0.05, 0.1) is 0 Å². The SMILES string of the molecule is CCCCC(CC)Cc1cccc(C2CCC(c3ccc(O)cc3)CC2)c1O. The van der Waals surface area contributed by atoms with Crippen LogP contribution in [0.4, 0.5) is 0 Å². The van der Waals surface area contributed by atoms with Gasteiger partial charge in [-0.3, -0.25) is 0 Å². The zero-order valence-electron chi connectivity index (χ0n) is 17.5. The highest BCUT2D eigenvalue weighted by atomic mass is 16.3. The first-order valence-electron chi connectivity index (χ1n) is 11.2. The Kier molecular flexibility index (Phi) is 7.42. The van der Waals surface area contributed by atoms with Crippen molar-refractivity contribution in [3.8, 4) is 11.5 Å². The Balaban J connectivity index is 1.65. The first-order valence-corrected chi connectivity index (χ1v) is 11.2. The maximum atomic E-state index is 11.0. The third kappa shape index (κ3) is 5.10. The van der Waals surface area contributed by atoms with Crippen LogP contribution in [-0.4, -0.2) is 10.2 Å². The molecule has 0 bridgehead atoms. The van der Waals surface area contributed by atoms with Crippen LogP contribution in [-0.2, 0) is 6.42 Å². The Morgan fingerprint density at radius 3 is 2.21 bits per heavy atom. The van der Waals surface area contributed by atoms with Crippen molar-refractivity contribution in [3.63, 3.8) is 0 Å². The van der Waals surface area contributed by atoms with E-state index in [1.807, 2.05) is 0 Å². The zero-order valence-corrected chi connectivity index (χ0v) is 17.5. The molecule has 0 amide bonds. The summed E-state index contributed by atoms with van der Waals surface area (Å²) in [6, 6.07) is 14.1. The molecular weight excluding hydrogens is 344 g/mol. The lowest BCUT2D eigenvalue weighted by molar-refractivity contribution is 0.377. The lowest BCUT2D eigenvalue weighted by atomic mass is 9.75. The second-order valence-corrected chi connectivity index (χ2v) is 8.62. The Hall–Kier alpha value is -1.96. The van der Waals surface area contributed by atoms with Crippen LogP contribution in [0.3, 0.4) is 0 Å². The van der Waals surface area contributed by atoms with Gasteiger partial charge >= 0.3 is 0 Å². The van der Waals surface area contributed by atoms with Gasteiger partial charge in [0.15, 0.2) is 0 Å². The topological polar surface area (TPSA) is 40.5 Å². The predicted molar refractivity (Wildman–Crippen MR) is 117 cm³/mol. The summed E-state index contributed by atoms with van der Waals surface area (Å²) in [5, 5.41) is 20.5. The second-order valence-electron chi connectivity index (χ2n) is 8.62. The molecule has 0 radical (unpaired) electrons. The molecule has 1 atom stereocenters. The van der Waals surface area contributed by atoms with Crippen LogP contribution in [0, 0.1) is 5.92 Å². The predicted octanol–water partition coefficient (Wildman–Crippen LogP) is 7.30. The van der Waals surface area contributed by atoms with Crippen molar-refractivity contribution in [2.24, 2.45) is 5.92 Å². The molecule has 2 N–H and O–H groups in total. The lowest BCUT2D eigenvalue weighted by Gasteiger charge is -2.30. The Morgan fingerprint density at radius 2 is 1.57 bits per heavy atom. The number of para-hydroxylation sites is 1. The molecule has 3 rings (SSSR count). The summed E-state index contributed by atoms with van der Waals surface area (Å²) >= 11 is 0. The summed E-state index contributed by atoms with van der Waals surface area (Å²) in [5.74, 6) is 2.60. The van der Waals surface area contributed by atoms with Crippen LogP contribution < -0.4 is 0 Å². The van der Waals surface area contributed by atoms with Gasteiger partial charge in [0.2, 0.25) is 0 Å². The summed E-state index contributed by atoms with van der Waals surface area (Å²) in [6.07, 6.45) is 10.5. The Morgan fingerprint density at radius 1 is 0.893 bits per heavy atom. The number of phenols is 2. The van der Waals surface area contributed by atoms with E-state index < -0.39 is 0 Å². The third-order valence-electron chi connectivity index (χ3n) is 6.73. The van der Waals surface area contributed by atoms with Crippen molar-refractivity contribution >= 4 is 0 Å². The number of rotatable bonds is 8. The van der Waals surface area contributed by atoms with E-state index in [0.29, 0.717) is 29.3 Å². The highest BCUT2D eigenvalue weighted by Gasteiger charge is 2.26. The summed E-state index contributed by atoms with van der Waals surface area (Å²) in [4.78, 5) is 0. The van der Waals surface area contributed by atoms with Crippen molar-refractivity contribution in [3.05, 3.63) is 59.2 Å². The summed E-state index contributed by atoms with van der Waals surface area (Å²) in [7, 11) is 0. The van der Waals surface area contributed by atoms with E-state index in [0.717, 1.165) is 43.2 Å². The monoisotopic (exact) mass is 380 g/mol. The smallest absolute Gasteiger partial charge is 0.122 e. The first kappa shape index (κ1) is 20.8. The Labute approximate surface area is 170 Å². The molecule has 2 aromatic rings. The van der Waals surface area contributed by atoms with Gasteiger partial charge in [0, 0.05) is 0 Å². The van der Waals surface area contributed by atoms with E-state index in [4.69, 9.17) is 0 Å². The molecule has 2 heteroatoms. The molecule has 1 unspecified atom stereocenters. The van der Waals surface area contributed by atoms with Gasteiger partial charge in [-0.05, 0) is 78.7 Å². The molecule has 0 heterocycles. The highest BCUT2D eigenvalue weighted by molar-refractivity contribution is 5.43. The van der Waals surface area contributed by atoms with E-state index in [1.54, 1.807) is 12.1 Å². The average molecular weight is 381 g/mol. The molecule has 2 nitrogen and oxygen atoms in total. The fourth-order valence-corrected chi connectivity index (χ4v) is 4.84. The molecule has 0 aromatic heterocycles. The zero-order chi connectivity index (χ0) is 19.9. The molecule has 152 valence electrons. The number of unbranched alkanes of at least 4 members (excludes halogenated alkanes) is 1. The number of benzene rings is 2. The van der Waals surface area contributed by atoms with Crippen LogP contribution >= 0.6 is 0 Å². The van der Waals surface area contributed by atoms with E-state index >= 15 is 0 Å². The number of hydrogen-bond donors (Lipinski definition) is 2.